The molecule has 1 fully saturated rings. The van der Waals surface area contributed by atoms with Crippen LogP contribution in [-0.4, -0.2) is 31.4 Å². The fraction of sp³-hybridized carbons (Fsp3) is 0.462. The van der Waals surface area contributed by atoms with Gasteiger partial charge in [-0.05, 0) is 5.56 Å². The average Bonchev–Trinajstić information content (AvgIpc) is 3.07. The number of hydrogen-bond donors (Lipinski definition) is 0. The van der Waals surface area contributed by atoms with Crippen LogP contribution in [0.15, 0.2) is 30.3 Å². The van der Waals surface area contributed by atoms with Crippen molar-refractivity contribution >= 4 is 5.97 Å². The molecular weight excluding hydrogens is 220 g/mol. The molecule has 0 unspecified atom stereocenters. The number of hydrogen-bond acceptors (Lipinski definition) is 4. The highest BCUT2D eigenvalue weighted by Crippen LogP contribution is 2.22. The molecule has 1 saturated heterocycles. The maximum atomic E-state index is 10.6. The quantitative estimate of drug-likeness (QED) is 0.555. The molecule has 2 atom stereocenters. The Labute approximate surface area is 100 Å². The maximum absolute atomic E-state index is 10.6. The maximum Gasteiger partial charge on any atom is 0.302 e. The minimum absolute atomic E-state index is 0.00896. The van der Waals surface area contributed by atoms with Gasteiger partial charge in [-0.3, -0.25) is 4.79 Å². The zero-order chi connectivity index (χ0) is 12.1. The van der Waals surface area contributed by atoms with Crippen molar-refractivity contribution in [2.75, 3.05) is 13.2 Å². The SMILES string of the molecule is CC(=O)OC[C@H]1O[C@@H]1COCc1ccccc1. The van der Waals surface area contributed by atoms with Crippen LogP contribution in [0.4, 0.5) is 0 Å². The first kappa shape index (κ1) is 12.1. The molecule has 1 aromatic carbocycles. The lowest BCUT2D eigenvalue weighted by Gasteiger charge is -2.02. The van der Waals surface area contributed by atoms with E-state index in [0.29, 0.717) is 19.8 Å². The Hall–Kier alpha value is -1.39. The van der Waals surface area contributed by atoms with Gasteiger partial charge in [0.05, 0.1) is 13.2 Å². The average molecular weight is 236 g/mol. The molecular formula is C13H16O4. The summed E-state index contributed by atoms with van der Waals surface area (Å²) < 4.78 is 15.7. The normalized spacial score (nSPS) is 22.2. The van der Waals surface area contributed by atoms with Crippen molar-refractivity contribution in [3.8, 4) is 0 Å². The third-order valence-electron chi connectivity index (χ3n) is 2.53. The first-order chi connectivity index (χ1) is 8.25. The van der Waals surface area contributed by atoms with E-state index in [1.165, 1.54) is 6.92 Å². The lowest BCUT2D eigenvalue weighted by Crippen LogP contribution is -2.11. The summed E-state index contributed by atoms with van der Waals surface area (Å²) in [6, 6.07) is 9.97. The Morgan fingerprint density at radius 3 is 2.65 bits per heavy atom. The summed E-state index contributed by atoms with van der Waals surface area (Å²) in [4.78, 5) is 10.6. The molecule has 4 nitrogen and oxygen atoms in total. The Kier molecular flexibility index (Phi) is 4.12. The van der Waals surface area contributed by atoms with Gasteiger partial charge in [-0.15, -0.1) is 0 Å². The van der Waals surface area contributed by atoms with Gasteiger partial charge in [0.2, 0.25) is 0 Å². The molecule has 1 aliphatic rings. The summed E-state index contributed by atoms with van der Waals surface area (Å²) in [6.45, 7) is 2.85. The van der Waals surface area contributed by atoms with Gasteiger partial charge in [-0.25, -0.2) is 0 Å². The third kappa shape index (κ3) is 4.17. The van der Waals surface area contributed by atoms with E-state index < -0.39 is 0 Å². The molecule has 0 aliphatic carbocycles. The molecule has 0 saturated carbocycles. The molecule has 0 amide bonds. The zero-order valence-corrected chi connectivity index (χ0v) is 9.80. The van der Waals surface area contributed by atoms with Crippen LogP contribution in [0.2, 0.25) is 0 Å². The second kappa shape index (κ2) is 5.80. The van der Waals surface area contributed by atoms with Crippen LogP contribution in [0.25, 0.3) is 0 Å². The number of carbonyl (C=O) groups excluding carboxylic acids is 1. The summed E-state index contributed by atoms with van der Waals surface area (Å²) in [7, 11) is 0. The van der Waals surface area contributed by atoms with Crippen molar-refractivity contribution in [2.24, 2.45) is 0 Å². The van der Waals surface area contributed by atoms with E-state index in [1.807, 2.05) is 30.3 Å². The summed E-state index contributed by atoms with van der Waals surface area (Å²) in [5, 5.41) is 0. The van der Waals surface area contributed by atoms with Crippen molar-refractivity contribution in [3.05, 3.63) is 35.9 Å². The molecule has 0 radical (unpaired) electrons. The fourth-order valence-corrected chi connectivity index (χ4v) is 1.54. The van der Waals surface area contributed by atoms with Gasteiger partial charge in [-0.1, -0.05) is 30.3 Å². The molecule has 0 spiro atoms. The minimum atomic E-state index is -0.274. The number of carbonyl (C=O) groups is 1. The molecule has 1 heterocycles. The van der Waals surface area contributed by atoms with Gasteiger partial charge in [0.1, 0.15) is 18.8 Å². The lowest BCUT2D eigenvalue weighted by atomic mass is 10.2. The predicted molar refractivity (Wildman–Crippen MR) is 61.4 cm³/mol. The third-order valence-corrected chi connectivity index (χ3v) is 2.53. The van der Waals surface area contributed by atoms with Crippen molar-refractivity contribution in [1.29, 1.82) is 0 Å². The second-order valence-electron chi connectivity index (χ2n) is 4.02. The van der Waals surface area contributed by atoms with E-state index in [4.69, 9.17) is 14.2 Å². The van der Waals surface area contributed by atoms with E-state index in [-0.39, 0.29) is 18.2 Å². The molecule has 2 rings (SSSR count). The first-order valence-corrected chi connectivity index (χ1v) is 5.66. The molecule has 0 aromatic heterocycles. The van der Waals surface area contributed by atoms with Gasteiger partial charge in [0, 0.05) is 6.92 Å². The standard InChI is InChI=1S/C13H16O4/c1-10(14)16-9-13-12(17-13)8-15-7-11-5-3-2-4-6-11/h2-6,12-13H,7-9H2,1H3/t12-,13-/m1/s1. The highest BCUT2D eigenvalue weighted by atomic mass is 16.6. The molecule has 0 bridgehead atoms. The number of rotatable bonds is 6. The van der Waals surface area contributed by atoms with Gasteiger partial charge < -0.3 is 14.2 Å². The number of ether oxygens (including phenoxy) is 3. The van der Waals surface area contributed by atoms with Crippen molar-refractivity contribution in [2.45, 2.75) is 25.7 Å². The summed E-state index contributed by atoms with van der Waals surface area (Å²) in [5.41, 5.74) is 1.14. The summed E-state index contributed by atoms with van der Waals surface area (Å²) in [5.74, 6) is -0.274. The van der Waals surface area contributed by atoms with Crippen LogP contribution < -0.4 is 0 Å². The monoisotopic (exact) mass is 236 g/mol. The van der Waals surface area contributed by atoms with Crippen LogP contribution in [0, 0.1) is 0 Å². The predicted octanol–water partition coefficient (Wildman–Crippen LogP) is 1.53. The fourth-order valence-electron chi connectivity index (χ4n) is 1.54. The van der Waals surface area contributed by atoms with E-state index >= 15 is 0 Å². The molecule has 92 valence electrons. The Morgan fingerprint density at radius 1 is 1.24 bits per heavy atom. The van der Waals surface area contributed by atoms with Gasteiger partial charge >= 0.3 is 5.97 Å². The summed E-state index contributed by atoms with van der Waals surface area (Å²) >= 11 is 0. The zero-order valence-electron chi connectivity index (χ0n) is 9.80. The van der Waals surface area contributed by atoms with Crippen molar-refractivity contribution in [3.63, 3.8) is 0 Å². The van der Waals surface area contributed by atoms with Crippen molar-refractivity contribution in [1.82, 2.24) is 0 Å². The van der Waals surface area contributed by atoms with Gasteiger partial charge in [-0.2, -0.15) is 0 Å². The van der Waals surface area contributed by atoms with Crippen LogP contribution in [-0.2, 0) is 25.6 Å². The first-order valence-electron chi connectivity index (χ1n) is 5.66. The highest BCUT2D eigenvalue weighted by Gasteiger charge is 2.39. The minimum Gasteiger partial charge on any atom is -0.463 e. The van der Waals surface area contributed by atoms with E-state index in [0.717, 1.165) is 5.56 Å². The van der Waals surface area contributed by atoms with E-state index in [9.17, 15) is 4.79 Å². The molecule has 4 heteroatoms. The molecule has 1 aromatic rings. The van der Waals surface area contributed by atoms with Crippen LogP contribution in [0.5, 0.6) is 0 Å². The lowest BCUT2D eigenvalue weighted by molar-refractivity contribution is -0.141. The topological polar surface area (TPSA) is 48.1 Å². The van der Waals surface area contributed by atoms with Crippen molar-refractivity contribution < 1.29 is 19.0 Å². The van der Waals surface area contributed by atoms with Crippen LogP contribution in [0.1, 0.15) is 12.5 Å². The Bertz CT molecular complexity index is 363. The Balaban J connectivity index is 1.57. The molecule has 17 heavy (non-hydrogen) atoms. The second-order valence-corrected chi connectivity index (χ2v) is 4.02. The summed E-state index contributed by atoms with van der Waals surface area (Å²) in [6.07, 6.45) is 0.0766. The smallest absolute Gasteiger partial charge is 0.302 e. The van der Waals surface area contributed by atoms with E-state index in [1.54, 1.807) is 0 Å². The van der Waals surface area contributed by atoms with E-state index in [2.05, 4.69) is 0 Å². The van der Waals surface area contributed by atoms with Gasteiger partial charge in [0.25, 0.3) is 0 Å². The Morgan fingerprint density at radius 2 is 1.94 bits per heavy atom. The largest absolute Gasteiger partial charge is 0.463 e. The van der Waals surface area contributed by atoms with Gasteiger partial charge in [0.15, 0.2) is 0 Å². The number of benzene rings is 1. The molecule has 0 N–H and O–H groups in total. The number of esters is 1. The highest BCUT2D eigenvalue weighted by molar-refractivity contribution is 5.65. The molecule has 1 aliphatic heterocycles. The van der Waals surface area contributed by atoms with Crippen LogP contribution >= 0.6 is 0 Å². The number of epoxide rings is 1. The van der Waals surface area contributed by atoms with Crippen LogP contribution in [0.3, 0.4) is 0 Å².